The number of thiocarbonyl (C=S) groups is 1. The molecule has 1 aliphatic rings. The van der Waals surface area contributed by atoms with Gasteiger partial charge in [-0.15, -0.1) is 11.3 Å². The van der Waals surface area contributed by atoms with Crippen molar-refractivity contribution >= 4 is 56.7 Å². The fourth-order valence-corrected chi connectivity index (χ4v) is 4.25. The molecule has 1 aliphatic heterocycles. The van der Waals surface area contributed by atoms with Crippen LogP contribution in [0, 0.1) is 6.92 Å². The molecule has 1 atom stereocenters. The highest BCUT2D eigenvalue weighted by Gasteiger charge is 2.33. The molecule has 0 amide bonds. The molecule has 0 bridgehead atoms. The van der Waals surface area contributed by atoms with Gasteiger partial charge in [0.1, 0.15) is 10.8 Å². The van der Waals surface area contributed by atoms with Crippen molar-refractivity contribution in [2.75, 3.05) is 11.4 Å². The van der Waals surface area contributed by atoms with E-state index in [2.05, 4.69) is 9.88 Å². The van der Waals surface area contributed by atoms with E-state index in [9.17, 15) is 5.11 Å². The second-order valence-electron chi connectivity index (χ2n) is 4.92. The molecule has 1 unspecified atom stereocenters. The van der Waals surface area contributed by atoms with Gasteiger partial charge in [0.05, 0.1) is 26.2 Å². The predicted molar refractivity (Wildman–Crippen MR) is 92.3 cm³/mol. The first-order valence-electron chi connectivity index (χ1n) is 6.37. The van der Waals surface area contributed by atoms with Crippen LogP contribution in [0.5, 0.6) is 5.75 Å². The minimum Gasteiger partial charge on any atom is -0.508 e. The van der Waals surface area contributed by atoms with Crippen LogP contribution in [0.1, 0.15) is 22.9 Å². The van der Waals surface area contributed by atoms with Crippen molar-refractivity contribution in [3.63, 3.8) is 0 Å². The Labute approximate surface area is 142 Å². The van der Waals surface area contributed by atoms with Crippen LogP contribution < -0.4 is 4.90 Å². The molecule has 3 rings (SSSR count). The lowest BCUT2D eigenvalue weighted by Gasteiger charge is -2.17. The second-order valence-corrected chi connectivity index (χ2v) is 7.39. The summed E-state index contributed by atoms with van der Waals surface area (Å²) in [7, 11) is 0. The van der Waals surface area contributed by atoms with E-state index in [0.29, 0.717) is 28.6 Å². The van der Waals surface area contributed by atoms with Gasteiger partial charge in [0.25, 0.3) is 0 Å². The number of phenolic OH excluding ortho intramolecular Hbond substituents is 1. The number of anilines is 1. The molecule has 3 nitrogen and oxygen atoms in total. The van der Waals surface area contributed by atoms with Crippen LogP contribution in [0.3, 0.4) is 0 Å². The highest BCUT2D eigenvalue weighted by Crippen LogP contribution is 2.43. The minimum atomic E-state index is 0.0334. The van der Waals surface area contributed by atoms with Crippen molar-refractivity contribution in [2.24, 2.45) is 0 Å². The molecule has 0 spiro atoms. The zero-order chi connectivity index (χ0) is 15.1. The average Bonchev–Trinajstić information content (AvgIpc) is 3.01. The highest BCUT2D eigenvalue weighted by atomic mass is 35.5. The summed E-state index contributed by atoms with van der Waals surface area (Å²) in [6.45, 7) is 2.64. The molecule has 0 aliphatic carbocycles. The topological polar surface area (TPSA) is 36.4 Å². The van der Waals surface area contributed by atoms with Gasteiger partial charge in [-0.05, 0) is 19.1 Å². The van der Waals surface area contributed by atoms with Gasteiger partial charge in [0.15, 0.2) is 0 Å². The number of aromatic nitrogens is 1. The van der Waals surface area contributed by atoms with Crippen molar-refractivity contribution in [2.45, 2.75) is 19.3 Å². The number of hydrogen-bond donors (Lipinski definition) is 1. The van der Waals surface area contributed by atoms with Crippen molar-refractivity contribution < 1.29 is 5.11 Å². The number of nitrogens with zero attached hydrogens (tertiary/aromatic N) is 2. The van der Waals surface area contributed by atoms with Gasteiger partial charge in [-0.25, -0.2) is 4.98 Å². The predicted octanol–water partition coefficient (Wildman–Crippen LogP) is 4.79. The maximum Gasteiger partial charge on any atom is 0.120 e. The van der Waals surface area contributed by atoms with Crippen molar-refractivity contribution in [1.29, 1.82) is 0 Å². The van der Waals surface area contributed by atoms with Gasteiger partial charge in [0, 0.05) is 24.4 Å². The van der Waals surface area contributed by atoms with E-state index in [0.717, 1.165) is 15.0 Å². The molecule has 0 radical (unpaired) electrons. The summed E-state index contributed by atoms with van der Waals surface area (Å²) in [5.74, 6) is 0.200. The molecule has 1 aromatic carbocycles. The zero-order valence-corrected chi connectivity index (χ0v) is 14.3. The summed E-state index contributed by atoms with van der Waals surface area (Å²) in [6, 6.07) is 3.17. The van der Waals surface area contributed by atoms with Crippen LogP contribution in [0.2, 0.25) is 10.0 Å². The average molecular weight is 359 g/mol. The van der Waals surface area contributed by atoms with Gasteiger partial charge in [0.2, 0.25) is 0 Å². The Balaban J connectivity index is 1.93. The highest BCUT2D eigenvalue weighted by molar-refractivity contribution is 7.80. The standard InChI is InChI=1S/C14H12Cl2N2OS2/c1-7-17-5-12(21-7)18-6-8(4-11(18)20)13-10(19)3-2-9(15)14(13)16/h2-3,5,8,19H,4,6H2,1H3. The van der Waals surface area contributed by atoms with Gasteiger partial charge < -0.3 is 10.0 Å². The zero-order valence-electron chi connectivity index (χ0n) is 11.1. The quantitative estimate of drug-likeness (QED) is 0.783. The Bertz CT molecular complexity index is 717. The van der Waals surface area contributed by atoms with E-state index in [1.807, 2.05) is 13.1 Å². The smallest absolute Gasteiger partial charge is 0.120 e. The van der Waals surface area contributed by atoms with Crippen molar-refractivity contribution in [3.8, 4) is 5.75 Å². The summed E-state index contributed by atoms with van der Waals surface area (Å²) in [4.78, 5) is 7.15. The van der Waals surface area contributed by atoms with Crippen molar-refractivity contribution in [1.82, 2.24) is 4.98 Å². The van der Waals surface area contributed by atoms with E-state index >= 15 is 0 Å². The number of thiazole rings is 1. The monoisotopic (exact) mass is 358 g/mol. The lowest BCUT2D eigenvalue weighted by atomic mass is 9.97. The molecule has 1 aromatic heterocycles. The van der Waals surface area contributed by atoms with Crippen LogP contribution in [0.25, 0.3) is 0 Å². The number of rotatable bonds is 2. The molecular weight excluding hydrogens is 347 g/mol. The Morgan fingerprint density at radius 1 is 1.43 bits per heavy atom. The van der Waals surface area contributed by atoms with E-state index < -0.39 is 0 Å². The maximum atomic E-state index is 10.1. The molecule has 2 aromatic rings. The van der Waals surface area contributed by atoms with Gasteiger partial charge in [-0.1, -0.05) is 35.4 Å². The first kappa shape index (κ1) is 15.0. The summed E-state index contributed by atoms with van der Waals surface area (Å²) < 4.78 is 0. The normalized spacial score (nSPS) is 18.5. The van der Waals surface area contributed by atoms with Gasteiger partial charge in [-0.2, -0.15) is 0 Å². The maximum absolute atomic E-state index is 10.1. The molecule has 2 heterocycles. The third-order valence-electron chi connectivity index (χ3n) is 3.52. The number of benzene rings is 1. The summed E-state index contributed by atoms with van der Waals surface area (Å²) in [5.41, 5.74) is 0.676. The summed E-state index contributed by atoms with van der Waals surface area (Å²) in [6.07, 6.45) is 2.49. The Kier molecular flexibility index (Phi) is 4.10. The number of phenols is 1. The fourth-order valence-electron chi connectivity index (χ4n) is 2.53. The molecule has 1 fully saturated rings. The Morgan fingerprint density at radius 3 is 2.86 bits per heavy atom. The van der Waals surface area contributed by atoms with Crippen molar-refractivity contribution in [3.05, 3.63) is 38.9 Å². The molecule has 7 heteroatoms. The number of aryl methyl sites for hydroxylation is 1. The molecular formula is C14H12Cl2N2OS2. The van der Waals surface area contributed by atoms with E-state index in [1.54, 1.807) is 23.5 Å². The third-order valence-corrected chi connectivity index (χ3v) is 5.66. The third kappa shape index (κ3) is 2.75. The van der Waals surface area contributed by atoms with Gasteiger partial charge >= 0.3 is 0 Å². The number of hydrogen-bond acceptors (Lipinski definition) is 4. The largest absolute Gasteiger partial charge is 0.508 e. The van der Waals surface area contributed by atoms with E-state index in [4.69, 9.17) is 35.4 Å². The fraction of sp³-hybridized carbons (Fsp3) is 0.286. The lowest BCUT2D eigenvalue weighted by Crippen LogP contribution is -2.21. The lowest BCUT2D eigenvalue weighted by molar-refractivity contribution is 0.463. The van der Waals surface area contributed by atoms with E-state index in [1.165, 1.54) is 0 Å². The molecule has 110 valence electrons. The SMILES string of the molecule is Cc1ncc(N2CC(c3c(O)ccc(Cl)c3Cl)CC2=S)s1. The summed E-state index contributed by atoms with van der Waals surface area (Å²) >= 11 is 19.4. The first-order valence-corrected chi connectivity index (χ1v) is 8.35. The van der Waals surface area contributed by atoms with Gasteiger partial charge in [-0.3, -0.25) is 0 Å². The number of halogens is 2. The van der Waals surface area contributed by atoms with Crippen LogP contribution in [0.15, 0.2) is 18.3 Å². The second kappa shape index (κ2) is 5.72. The first-order chi connectivity index (χ1) is 9.97. The van der Waals surface area contributed by atoms with E-state index in [-0.39, 0.29) is 11.7 Å². The van der Waals surface area contributed by atoms with Crippen LogP contribution >= 0.6 is 46.8 Å². The minimum absolute atomic E-state index is 0.0334. The molecule has 21 heavy (non-hydrogen) atoms. The van der Waals surface area contributed by atoms with Crippen LogP contribution in [-0.4, -0.2) is 21.6 Å². The molecule has 1 N–H and O–H groups in total. The van der Waals surface area contributed by atoms with Crippen LogP contribution in [0.4, 0.5) is 5.00 Å². The Hall–Kier alpha value is -0.880. The number of aromatic hydroxyl groups is 1. The Morgan fingerprint density at radius 2 is 2.19 bits per heavy atom. The summed E-state index contributed by atoms with van der Waals surface area (Å²) in [5, 5.41) is 13.0. The van der Waals surface area contributed by atoms with Crippen LogP contribution in [-0.2, 0) is 0 Å². The molecule has 0 saturated carbocycles. The molecule has 1 saturated heterocycles.